The Bertz CT molecular complexity index is 1190. The van der Waals surface area contributed by atoms with Gasteiger partial charge in [0.2, 0.25) is 0 Å². The molecule has 4 aliphatic carbocycles. The fraction of sp³-hybridized carbons (Fsp3) is 0.941. The molecule has 8 bridgehead atoms. The zero-order chi connectivity index (χ0) is 31.1. The standard InChI is InChI=1S/C34H56N8O4.2Au/c43-33(44)22-14-13-21-23(24(22)34(45)46)32-41-30-20-12-6-5-11-19(20)28(39-30)37-26-16-8-2-1-7-15(16)25(35-26)36-27-17-9-3-4-10-18(17)29(38-27)40-31(21)42-32;;/h15-32,35-42H,1-14H2,(H,43,44)(H,45,46);;/q;2*+1/p-2. The molecule has 9 fully saturated rings. The summed E-state index contributed by atoms with van der Waals surface area (Å²) in [5.74, 6) is -1.95. The first kappa shape index (κ1) is 36.5. The fourth-order valence-electron chi connectivity index (χ4n) is 12.6. The first-order valence-electron chi connectivity index (χ1n) is 18.9. The van der Waals surface area contributed by atoms with Crippen molar-refractivity contribution in [1.29, 1.82) is 0 Å². The molecule has 18 atom stereocenters. The molecule has 0 aromatic carbocycles. The molecule has 0 amide bonds. The average Bonchev–Trinajstić information content (AvgIpc) is 3.80. The van der Waals surface area contributed by atoms with Crippen LogP contribution in [0.5, 0.6) is 0 Å². The van der Waals surface area contributed by atoms with Gasteiger partial charge in [-0.1, -0.05) is 38.5 Å². The van der Waals surface area contributed by atoms with Gasteiger partial charge in [-0.2, -0.15) is 0 Å². The van der Waals surface area contributed by atoms with E-state index in [2.05, 4.69) is 42.5 Å². The first-order valence-corrected chi connectivity index (χ1v) is 18.9. The number of carboxylic acids is 2. The molecule has 276 valence electrons. The second-order valence-electron chi connectivity index (χ2n) is 16.6. The Morgan fingerprint density at radius 1 is 0.375 bits per heavy atom. The Balaban J connectivity index is 0.00000182. The number of hydrogen-bond acceptors (Lipinski definition) is 12. The van der Waals surface area contributed by atoms with E-state index in [9.17, 15) is 19.8 Å². The molecule has 48 heavy (non-hydrogen) atoms. The SMILES string of the molecule is O=C([O-])C1CCC2C3NC4NC(NC5NC(NC6NC(NC(N3)C2C1C(=O)[O-])C1CCCCC61)C1CCCCC51)C1CCCCC41.[Au+].[Au+]. The zero-order valence-corrected chi connectivity index (χ0v) is 31.9. The molecular formula is C34H54Au2N8O4. The van der Waals surface area contributed by atoms with Crippen molar-refractivity contribution in [2.75, 3.05) is 0 Å². The summed E-state index contributed by atoms with van der Waals surface area (Å²) in [6, 6.07) is 0. The van der Waals surface area contributed by atoms with Crippen LogP contribution in [0.2, 0.25) is 0 Å². The van der Waals surface area contributed by atoms with Crippen LogP contribution in [0.4, 0.5) is 0 Å². The first-order chi connectivity index (χ1) is 22.4. The van der Waals surface area contributed by atoms with E-state index in [0.717, 1.165) is 6.42 Å². The molecule has 4 saturated carbocycles. The summed E-state index contributed by atoms with van der Waals surface area (Å²) < 4.78 is 0. The molecule has 9 aliphatic rings. The van der Waals surface area contributed by atoms with Crippen LogP contribution in [0.3, 0.4) is 0 Å². The number of carbonyl (C=O) groups is 2. The van der Waals surface area contributed by atoms with Crippen molar-refractivity contribution in [3.63, 3.8) is 0 Å². The Morgan fingerprint density at radius 3 is 0.958 bits per heavy atom. The Morgan fingerprint density at radius 2 is 0.667 bits per heavy atom. The van der Waals surface area contributed by atoms with Crippen molar-refractivity contribution in [1.82, 2.24) is 42.5 Å². The molecule has 8 N–H and O–H groups in total. The molecule has 0 aromatic rings. The number of fused-ring (bicyclic) bond motifs is 20. The third-order valence-corrected chi connectivity index (χ3v) is 14.6. The number of aliphatic carboxylic acids is 2. The second kappa shape index (κ2) is 14.9. The molecule has 5 saturated heterocycles. The largest absolute Gasteiger partial charge is 1.00 e. The number of rotatable bonds is 2. The van der Waals surface area contributed by atoms with E-state index in [1.165, 1.54) is 70.6 Å². The van der Waals surface area contributed by atoms with E-state index in [1.54, 1.807) is 0 Å². The van der Waals surface area contributed by atoms with Crippen LogP contribution < -0.4 is 52.7 Å². The Hall–Kier alpha value is 0.101. The summed E-state index contributed by atoms with van der Waals surface area (Å²) in [6.07, 6.45) is 16.2. The van der Waals surface area contributed by atoms with E-state index >= 15 is 0 Å². The number of nitrogens with one attached hydrogen (secondary N) is 8. The number of hydrogen-bond donors (Lipinski definition) is 8. The summed E-state index contributed by atoms with van der Waals surface area (Å²) in [5, 5.41) is 57.1. The predicted molar refractivity (Wildman–Crippen MR) is 165 cm³/mol. The summed E-state index contributed by atoms with van der Waals surface area (Å²) in [6.45, 7) is 0. The van der Waals surface area contributed by atoms with Crippen LogP contribution in [0.15, 0.2) is 0 Å². The van der Waals surface area contributed by atoms with Gasteiger partial charge in [0.1, 0.15) is 0 Å². The van der Waals surface area contributed by atoms with Crippen molar-refractivity contribution >= 4 is 11.9 Å². The minimum absolute atomic E-state index is 0. The summed E-state index contributed by atoms with van der Waals surface area (Å²) in [4.78, 5) is 25.0. The molecule has 5 aliphatic heterocycles. The molecule has 18 unspecified atom stereocenters. The van der Waals surface area contributed by atoms with E-state index in [4.69, 9.17) is 0 Å². The van der Waals surface area contributed by atoms with Crippen LogP contribution in [0.25, 0.3) is 0 Å². The van der Waals surface area contributed by atoms with E-state index in [1.807, 2.05) is 0 Å². The van der Waals surface area contributed by atoms with Crippen molar-refractivity contribution in [3.05, 3.63) is 0 Å². The molecular weight excluding hydrogens is 978 g/mol. The minimum atomic E-state index is -1.27. The monoisotopic (exact) mass is 1030 g/mol. The van der Waals surface area contributed by atoms with Gasteiger partial charge in [-0.15, -0.1) is 0 Å². The van der Waals surface area contributed by atoms with Gasteiger partial charge in [0.05, 0.1) is 49.3 Å². The third-order valence-electron chi connectivity index (χ3n) is 14.6. The number of carbonyl (C=O) groups excluding carboxylic acids is 2. The molecule has 14 heteroatoms. The third kappa shape index (κ3) is 6.29. The van der Waals surface area contributed by atoms with Gasteiger partial charge in [-0.3, -0.25) is 42.5 Å². The summed E-state index contributed by atoms with van der Waals surface area (Å²) in [7, 11) is 0. The fourth-order valence-corrected chi connectivity index (χ4v) is 12.6. The van der Waals surface area contributed by atoms with Gasteiger partial charge < -0.3 is 19.8 Å². The minimum Gasteiger partial charge on any atom is -0.550 e. The van der Waals surface area contributed by atoms with Crippen molar-refractivity contribution in [3.8, 4) is 0 Å². The predicted octanol–water partition coefficient (Wildman–Crippen LogP) is -1.45. The second-order valence-corrected chi connectivity index (χ2v) is 16.6. The van der Waals surface area contributed by atoms with Crippen molar-refractivity contribution in [2.24, 2.45) is 59.2 Å². The average molecular weight is 1030 g/mol. The molecule has 9 rings (SSSR count). The smallest absolute Gasteiger partial charge is 0.550 e. The zero-order valence-electron chi connectivity index (χ0n) is 27.5. The van der Waals surface area contributed by atoms with Crippen LogP contribution in [0.1, 0.15) is 89.9 Å². The van der Waals surface area contributed by atoms with E-state index in [0.29, 0.717) is 48.3 Å². The molecule has 5 heterocycles. The van der Waals surface area contributed by atoms with Gasteiger partial charge >= 0.3 is 44.8 Å². The van der Waals surface area contributed by atoms with Gasteiger partial charge in [0.15, 0.2) is 0 Å². The maximum absolute atomic E-state index is 12.7. The molecule has 0 spiro atoms. The van der Waals surface area contributed by atoms with E-state index < -0.39 is 29.7 Å². The molecule has 0 radical (unpaired) electrons. The molecule has 12 nitrogen and oxygen atoms in total. The number of carboxylic acid groups (broad SMARTS) is 2. The summed E-state index contributed by atoms with van der Waals surface area (Å²) in [5.41, 5.74) is 0. The topological polar surface area (TPSA) is 176 Å². The van der Waals surface area contributed by atoms with Crippen molar-refractivity contribution in [2.45, 2.75) is 139 Å². The van der Waals surface area contributed by atoms with Crippen LogP contribution in [-0.2, 0) is 54.3 Å². The van der Waals surface area contributed by atoms with Gasteiger partial charge in [-0.05, 0) is 92.8 Å². The normalized spacial score (nSPS) is 52.4. The van der Waals surface area contributed by atoms with E-state index in [-0.39, 0.29) is 100 Å². The van der Waals surface area contributed by atoms with Crippen LogP contribution in [-0.4, -0.2) is 61.3 Å². The van der Waals surface area contributed by atoms with Crippen molar-refractivity contribution < 1.29 is 64.6 Å². The quantitative estimate of drug-likeness (QED) is 0.152. The van der Waals surface area contributed by atoms with Gasteiger partial charge in [-0.25, -0.2) is 0 Å². The van der Waals surface area contributed by atoms with Gasteiger partial charge in [0.25, 0.3) is 0 Å². The van der Waals surface area contributed by atoms with Crippen LogP contribution in [0, 0.1) is 59.2 Å². The summed E-state index contributed by atoms with van der Waals surface area (Å²) >= 11 is 0. The Labute approximate surface area is 315 Å². The Kier molecular flexibility index (Phi) is 11.3. The molecule has 0 aromatic heterocycles. The van der Waals surface area contributed by atoms with Gasteiger partial charge in [0, 0.05) is 29.7 Å². The van der Waals surface area contributed by atoms with Crippen LogP contribution >= 0.6 is 0 Å². The maximum Gasteiger partial charge on any atom is 1.00 e. The maximum atomic E-state index is 12.7.